The maximum atomic E-state index is 9.67. The first-order valence-electron chi connectivity index (χ1n) is 9.78. The number of benzene rings is 1. The van der Waals surface area contributed by atoms with Gasteiger partial charge in [-0.15, -0.1) is 0 Å². The molecular weight excluding hydrogens is 312 g/mol. The normalized spacial score (nSPS) is 11.5. The van der Waals surface area contributed by atoms with E-state index in [0.717, 1.165) is 29.1 Å². The Labute approximate surface area is 151 Å². The van der Waals surface area contributed by atoms with E-state index in [0.29, 0.717) is 5.75 Å². The number of aromatic hydroxyl groups is 1. The van der Waals surface area contributed by atoms with Gasteiger partial charge < -0.3 is 9.53 Å². The van der Waals surface area contributed by atoms with Gasteiger partial charge in [-0.2, -0.15) is 0 Å². The first kappa shape index (κ1) is 21.0. The van der Waals surface area contributed by atoms with Crippen LogP contribution in [0.5, 0.6) is 5.75 Å². The Balaban J connectivity index is 1.83. The van der Waals surface area contributed by atoms with Gasteiger partial charge in [-0.05, 0) is 25.3 Å². The molecule has 1 rings (SSSR count). The number of phenolic OH excluding ortho intramolecular Hbond substituents is 1. The predicted octanol–water partition coefficient (Wildman–Crippen LogP) is 5.38. The van der Waals surface area contributed by atoms with Crippen molar-refractivity contribution in [3.63, 3.8) is 0 Å². The zero-order valence-electron chi connectivity index (χ0n) is 15.5. The number of rotatable bonds is 15. The van der Waals surface area contributed by atoms with Crippen LogP contribution in [0.1, 0.15) is 82.6 Å². The maximum absolute atomic E-state index is 9.67. The van der Waals surface area contributed by atoms with Crippen LogP contribution < -0.4 is 0 Å². The van der Waals surface area contributed by atoms with Gasteiger partial charge in [-0.25, -0.2) is 0 Å². The van der Waals surface area contributed by atoms with Crippen LogP contribution in [0.4, 0.5) is 0 Å². The molecule has 0 aliphatic rings. The van der Waals surface area contributed by atoms with E-state index in [-0.39, 0.29) is 0 Å². The summed E-state index contributed by atoms with van der Waals surface area (Å²) in [5.74, 6) is 0.370. The van der Waals surface area contributed by atoms with E-state index in [1.54, 1.807) is 6.07 Å². The highest BCUT2D eigenvalue weighted by Crippen LogP contribution is 2.18. The molecule has 0 aromatic heterocycles. The quantitative estimate of drug-likeness (QED) is 0.340. The molecule has 0 aliphatic heterocycles. The molecule has 2 nitrogen and oxygen atoms in total. The first-order chi connectivity index (χ1) is 11.8. The highest BCUT2D eigenvalue weighted by atomic mass is 28.2. The van der Waals surface area contributed by atoms with Crippen molar-refractivity contribution in [3.8, 4) is 5.75 Å². The Morgan fingerprint density at radius 3 is 1.92 bits per heavy atom. The minimum Gasteiger partial charge on any atom is -0.507 e. The van der Waals surface area contributed by atoms with Crippen LogP contribution in [-0.4, -0.2) is 22.2 Å². The second kappa shape index (κ2) is 15.5. The molecular formula is C21H36O2Si. The van der Waals surface area contributed by atoms with Crippen LogP contribution in [0.3, 0.4) is 0 Å². The molecule has 0 saturated carbocycles. The van der Waals surface area contributed by atoms with Gasteiger partial charge in [0.05, 0.1) is 0 Å². The summed E-state index contributed by atoms with van der Waals surface area (Å²) >= 11 is 0. The Hall–Kier alpha value is -1.06. The third-order valence-corrected chi connectivity index (χ3v) is 4.86. The van der Waals surface area contributed by atoms with Gasteiger partial charge in [0, 0.05) is 12.2 Å². The van der Waals surface area contributed by atoms with E-state index in [1.807, 2.05) is 24.3 Å². The lowest BCUT2D eigenvalue weighted by atomic mass is 10.0. The molecule has 3 heteroatoms. The van der Waals surface area contributed by atoms with E-state index >= 15 is 0 Å². The van der Waals surface area contributed by atoms with Crippen molar-refractivity contribution in [2.75, 3.05) is 6.61 Å². The molecule has 0 spiro atoms. The second-order valence-electron chi connectivity index (χ2n) is 6.63. The van der Waals surface area contributed by atoms with Crippen molar-refractivity contribution in [1.29, 1.82) is 0 Å². The summed E-state index contributed by atoms with van der Waals surface area (Å²) in [6.07, 6.45) is 20.2. The number of hydrogen-bond donors (Lipinski definition) is 1. The highest BCUT2D eigenvalue weighted by Gasteiger charge is 1.95. The van der Waals surface area contributed by atoms with Gasteiger partial charge in [0.2, 0.25) is 0 Å². The molecule has 0 atom stereocenters. The number of phenols is 1. The molecule has 0 saturated heterocycles. The first-order valence-corrected chi connectivity index (χ1v) is 10.6. The van der Waals surface area contributed by atoms with Crippen LogP contribution in [-0.2, 0) is 4.43 Å². The molecule has 0 unspecified atom stereocenters. The van der Waals surface area contributed by atoms with Crippen molar-refractivity contribution >= 4 is 16.6 Å². The van der Waals surface area contributed by atoms with E-state index in [9.17, 15) is 5.11 Å². The summed E-state index contributed by atoms with van der Waals surface area (Å²) in [6, 6.07) is 7.50. The van der Waals surface area contributed by atoms with Crippen molar-refractivity contribution in [2.45, 2.75) is 77.0 Å². The standard InChI is InChI=1S/C21H36O2Si/c22-21-18-14-13-17-20(21)16-12-10-8-6-4-2-1-3-5-7-9-11-15-19-23-24/h12-14,16-18,22H,1-11,15,19H2,24H3. The summed E-state index contributed by atoms with van der Waals surface area (Å²) in [4.78, 5) is 0. The third kappa shape index (κ3) is 11.5. The lowest BCUT2D eigenvalue weighted by Gasteiger charge is -2.02. The maximum Gasteiger partial charge on any atom is 0.145 e. The number of unbranched alkanes of at least 4 members (excludes halogenated alkanes) is 11. The number of allylic oxidation sites excluding steroid dienone is 1. The number of para-hydroxylation sites is 1. The molecule has 1 aromatic carbocycles. The monoisotopic (exact) mass is 348 g/mol. The zero-order chi connectivity index (χ0) is 17.3. The Kier molecular flexibility index (Phi) is 13.5. The molecule has 0 amide bonds. The fourth-order valence-electron chi connectivity index (χ4n) is 2.94. The van der Waals surface area contributed by atoms with E-state index in [4.69, 9.17) is 4.43 Å². The molecule has 0 fully saturated rings. The van der Waals surface area contributed by atoms with Crippen LogP contribution >= 0.6 is 0 Å². The van der Waals surface area contributed by atoms with Gasteiger partial charge in [-0.3, -0.25) is 0 Å². The largest absolute Gasteiger partial charge is 0.507 e. The van der Waals surface area contributed by atoms with Gasteiger partial charge in [0.15, 0.2) is 0 Å². The lowest BCUT2D eigenvalue weighted by Crippen LogP contribution is -1.89. The van der Waals surface area contributed by atoms with E-state index < -0.39 is 0 Å². The predicted molar refractivity (Wildman–Crippen MR) is 108 cm³/mol. The topological polar surface area (TPSA) is 29.5 Å². The highest BCUT2D eigenvalue weighted by molar-refractivity contribution is 5.97. The molecule has 0 bridgehead atoms. The van der Waals surface area contributed by atoms with E-state index in [1.165, 1.54) is 70.6 Å². The molecule has 0 radical (unpaired) electrons. The minimum absolute atomic E-state index is 0.370. The van der Waals surface area contributed by atoms with Crippen LogP contribution in [0.25, 0.3) is 6.08 Å². The molecule has 1 aromatic rings. The Morgan fingerprint density at radius 1 is 0.792 bits per heavy atom. The summed E-state index contributed by atoms with van der Waals surface area (Å²) in [5.41, 5.74) is 0.918. The fraction of sp³-hybridized carbons (Fsp3) is 0.619. The zero-order valence-corrected chi connectivity index (χ0v) is 17.5. The number of hydrogen-bond acceptors (Lipinski definition) is 2. The molecule has 1 N–H and O–H groups in total. The third-order valence-electron chi connectivity index (χ3n) is 4.45. The van der Waals surface area contributed by atoms with Crippen LogP contribution in [0.2, 0.25) is 0 Å². The van der Waals surface area contributed by atoms with Crippen LogP contribution in [0, 0.1) is 0 Å². The van der Waals surface area contributed by atoms with Crippen molar-refractivity contribution < 1.29 is 9.53 Å². The van der Waals surface area contributed by atoms with Crippen molar-refractivity contribution in [3.05, 3.63) is 35.9 Å². The second-order valence-corrected chi connectivity index (χ2v) is 7.21. The average molecular weight is 349 g/mol. The summed E-state index contributed by atoms with van der Waals surface area (Å²) in [5, 5.41) is 9.67. The Morgan fingerprint density at radius 2 is 1.33 bits per heavy atom. The molecule has 24 heavy (non-hydrogen) atoms. The van der Waals surface area contributed by atoms with E-state index in [2.05, 4.69) is 6.08 Å². The van der Waals surface area contributed by atoms with Gasteiger partial charge in [-0.1, -0.05) is 88.1 Å². The fourth-order valence-corrected chi connectivity index (χ4v) is 3.23. The summed E-state index contributed by atoms with van der Waals surface area (Å²) in [6.45, 7) is 0.980. The van der Waals surface area contributed by atoms with Crippen LogP contribution in [0.15, 0.2) is 30.3 Å². The molecule has 136 valence electrons. The smallest absolute Gasteiger partial charge is 0.145 e. The lowest BCUT2D eigenvalue weighted by molar-refractivity contribution is 0.332. The summed E-state index contributed by atoms with van der Waals surface area (Å²) in [7, 11) is 0.890. The molecule has 0 heterocycles. The molecule has 0 aliphatic carbocycles. The van der Waals surface area contributed by atoms with Crippen molar-refractivity contribution in [2.24, 2.45) is 0 Å². The van der Waals surface area contributed by atoms with Crippen molar-refractivity contribution in [1.82, 2.24) is 0 Å². The minimum atomic E-state index is 0.370. The SMILES string of the molecule is Oc1ccccc1C=CCCCCCCCCCCCCCO[SiH3]. The summed E-state index contributed by atoms with van der Waals surface area (Å²) < 4.78 is 5.20. The van der Waals surface area contributed by atoms with Gasteiger partial charge in [0.25, 0.3) is 0 Å². The Bertz CT molecular complexity index is 432. The average Bonchev–Trinajstić information content (AvgIpc) is 2.60. The van der Waals surface area contributed by atoms with Gasteiger partial charge in [0.1, 0.15) is 16.2 Å². The van der Waals surface area contributed by atoms with Gasteiger partial charge >= 0.3 is 0 Å².